The molecule has 2 N–H and O–H groups in total. The Morgan fingerprint density at radius 3 is 2.71 bits per heavy atom. The van der Waals surface area contributed by atoms with Gasteiger partial charge in [0.15, 0.2) is 5.96 Å². The van der Waals surface area contributed by atoms with Gasteiger partial charge in [-0.3, -0.25) is 9.89 Å². The fourth-order valence-electron chi connectivity index (χ4n) is 3.13. The highest BCUT2D eigenvalue weighted by molar-refractivity contribution is 14.0. The summed E-state index contributed by atoms with van der Waals surface area (Å²) < 4.78 is 0. The van der Waals surface area contributed by atoms with Crippen molar-refractivity contribution in [2.24, 2.45) is 4.99 Å². The van der Waals surface area contributed by atoms with Crippen LogP contribution >= 0.6 is 24.0 Å². The van der Waals surface area contributed by atoms with Crippen molar-refractivity contribution in [2.75, 3.05) is 51.7 Å². The Morgan fingerprint density at radius 2 is 2.04 bits per heavy atom. The largest absolute Gasteiger partial charge is 0.373 e. The van der Waals surface area contributed by atoms with E-state index in [4.69, 9.17) is 0 Å². The van der Waals surface area contributed by atoms with Crippen LogP contribution in [0.3, 0.4) is 0 Å². The van der Waals surface area contributed by atoms with Crippen LogP contribution in [-0.2, 0) is 0 Å². The number of para-hydroxylation sites is 1. The minimum absolute atomic E-state index is 0. The van der Waals surface area contributed by atoms with Gasteiger partial charge in [-0.05, 0) is 38.1 Å². The van der Waals surface area contributed by atoms with Crippen LogP contribution in [-0.4, -0.2) is 63.7 Å². The van der Waals surface area contributed by atoms with Crippen molar-refractivity contribution in [3.8, 4) is 0 Å². The number of halogens is 1. The Balaban J connectivity index is 0.00000288. The lowest BCUT2D eigenvalue weighted by molar-refractivity contribution is 0.267. The molecule has 0 spiro atoms. The Bertz CT molecular complexity index is 480. The molecule has 1 fully saturated rings. The standard InChI is InChI=1S/C18H31N5.HI/c1-4-23-13-8-11-17(23)15-21-18(19-2)20-12-14-22(3)16-9-6-5-7-10-16;/h5-7,9-10,17H,4,8,11-15H2,1-3H3,(H2,19,20,21);1H. The Labute approximate surface area is 163 Å². The van der Waals surface area contributed by atoms with Gasteiger partial charge in [-0.25, -0.2) is 0 Å². The maximum Gasteiger partial charge on any atom is 0.191 e. The SMILES string of the molecule is CCN1CCCC1CNC(=NC)NCCN(C)c1ccccc1.I. The molecule has 6 heteroatoms. The zero-order valence-electron chi connectivity index (χ0n) is 15.2. The van der Waals surface area contributed by atoms with Crippen LogP contribution < -0.4 is 15.5 Å². The van der Waals surface area contributed by atoms with E-state index in [1.54, 1.807) is 0 Å². The van der Waals surface area contributed by atoms with Gasteiger partial charge in [0.05, 0.1) is 0 Å². The van der Waals surface area contributed by atoms with Crippen molar-refractivity contribution < 1.29 is 0 Å². The van der Waals surface area contributed by atoms with Gasteiger partial charge in [-0.1, -0.05) is 25.1 Å². The fraction of sp³-hybridized carbons (Fsp3) is 0.611. The minimum Gasteiger partial charge on any atom is -0.373 e. The van der Waals surface area contributed by atoms with Gasteiger partial charge in [0.25, 0.3) is 0 Å². The number of guanidine groups is 1. The van der Waals surface area contributed by atoms with Crippen LogP contribution in [0.5, 0.6) is 0 Å². The van der Waals surface area contributed by atoms with E-state index in [1.165, 1.54) is 25.1 Å². The second-order valence-corrected chi connectivity index (χ2v) is 6.06. The van der Waals surface area contributed by atoms with Crippen molar-refractivity contribution in [2.45, 2.75) is 25.8 Å². The van der Waals surface area contributed by atoms with Gasteiger partial charge in [-0.2, -0.15) is 0 Å². The molecule has 0 aromatic heterocycles. The zero-order chi connectivity index (χ0) is 16.5. The molecule has 2 rings (SSSR count). The first-order valence-corrected chi connectivity index (χ1v) is 8.69. The normalized spacial score (nSPS) is 18.1. The number of nitrogens with one attached hydrogen (secondary N) is 2. The summed E-state index contributed by atoms with van der Waals surface area (Å²) in [5, 5.41) is 6.87. The maximum absolute atomic E-state index is 4.33. The molecular formula is C18H32IN5. The number of hydrogen-bond donors (Lipinski definition) is 2. The van der Waals surface area contributed by atoms with Gasteiger partial charge in [-0.15, -0.1) is 24.0 Å². The summed E-state index contributed by atoms with van der Waals surface area (Å²) in [5.41, 5.74) is 1.24. The first-order chi connectivity index (χ1) is 11.2. The molecular weight excluding hydrogens is 413 g/mol. The molecule has 0 saturated carbocycles. The molecule has 1 aliphatic heterocycles. The molecule has 5 nitrogen and oxygen atoms in total. The maximum atomic E-state index is 4.33. The summed E-state index contributed by atoms with van der Waals surface area (Å²) >= 11 is 0. The van der Waals surface area contributed by atoms with Gasteiger partial charge >= 0.3 is 0 Å². The quantitative estimate of drug-likeness (QED) is 0.385. The third kappa shape index (κ3) is 6.47. The molecule has 1 heterocycles. The van der Waals surface area contributed by atoms with E-state index in [2.05, 4.69) is 63.7 Å². The predicted octanol–water partition coefficient (Wildman–Crippen LogP) is 2.39. The number of benzene rings is 1. The summed E-state index contributed by atoms with van der Waals surface area (Å²) in [5.74, 6) is 0.898. The molecule has 0 aliphatic carbocycles. The molecule has 1 saturated heterocycles. The Kier molecular flexibility index (Phi) is 10.1. The van der Waals surface area contributed by atoms with Crippen LogP contribution in [0.2, 0.25) is 0 Å². The van der Waals surface area contributed by atoms with Gasteiger partial charge in [0.1, 0.15) is 0 Å². The number of likely N-dealkylation sites (N-methyl/N-ethyl adjacent to an activating group) is 2. The molecule has 1 atom stereocenters. The third-order valence-electron chi connectivity index (χ3n) is 4.57. The van der Waals surface area contributed by atoms with Crippen LogP contribution in [0.25, 0.3) is 0 Å². The van der Waals surface area contributed by atoms with Gasteiger partial charge < -0.3 is 15.5 Å². The van der Waals surface area contributed by atoms with E-state index in [9.17, 15) is 0 Å². The van der Waals surface area contributed by atoms with E-state index < -0.39 is 0 Å². The van der Waals surface area contributed by atoms with Gasteiger partial charge in [0, 0.05) is 45.5 Å². The Hall–Kier alpha value is -1.02. The van der Waals surface area contributed by atoms with E-state index in [0.717, 1.165) is 32.1 Å². The minimum atomic E-state index is 0. The second-order valence-electron chi connectivity index (χ2n) is 6.06. The van der Waals surface area contributed by atoms with E-state index in [-0.39, 0.29) is 24.0 Å². The fourth-order valence-corrected chi connectivity index (χ4v) is 3.13. The van der Waals surface area contributed by atoms with Crippen molar-refractivity contribution >= 4 is 35.6 Å². The van der Waals surface area contributed by atoms with Crippen LogP contribution in [0.15, 0.2) is 35.3 Å². The molecule has 0 bridgehead atoms. The topological polar surface area (TPSA) is 42.9 Å². The zero-order valence-corrected chi connectivity index (χ0v) is 17.5. The number of aliphatic imine (C=N–C) groups is 1. The van der Waals surface area contributed by atoms with Crippen molar-refractivity contribution in [1.29, 1.82) is 0 Å². The number of likely N-dealkylation sites (tertiary alicyclic amines) is 1. The van der Waals surface area contributed by atoms with Crippen molar-refractivity contribution in [3.63, 3.8) is 0 Å². The highest BCUT2D eigenvalue weighted by Gasteiger charge is 2.22. The molecule has 136 valence electrons. The average molecular weight is 445 g/mol. The van der Waals surface area contributed by atoms with Crippen LogP contribution in [0, 0.1) is 0 Å². The van der Waals surface area contributed by atoms with Crippen LogP contribution in [0.4, 0.5) is 5.69 Å². The monoisotopic (exact) mass is 445 g/mol. The predicted molar refractivity (Wildman–Crippen MR) is 115 cm³/mol. The first kappa shape index (κ1) is 21.0. The summed E-state index contributed by atoms with van der Waals surface area (Å²) in [6.07, 6.45) is 2.60. The molecule has 0 amide bonds. The molecule has 1 aromatic rings. The van der Waals surface area contributed by atoms with E-state index in [0.29, 0.717) is 6.04 Å². The summed E-state index contributed by atoms with van der Waals surface area (Å²) in [6.45, 7) is 7.40. The molecule has 24 heavy (non-hydrogen) atoms. The lowest BCUT2D eigenvalue weighted by Crippen LogP contribution is -2.46. The molecule has 1 unspecified atom stereocenters. The van der Waals surface area contributed by atoms with Gasteiger partial charge in [0.2, 0.25) is 0 Å². The summed E-state index contributed by atoms with van der Waals surface area (Å²) in [4.78, 5) is 9.12. The lowest BCUT2D eigenvalue weighted by Gasteiger charge is -2.24. The summed E-state index contributed by atoms with van der Waals surface area (Å²) in [7, 11) is 3.95. The van der Waals surface area contributed by atoms with Crippen molar-refractivity contribution in [3.05, 3.63) is 30.3 Å². The number of hydrogen-bond acceptors (Lipinski definition) is 3. The molecule has 0 radical (unpaired) electrons. The number of rotatable bonds is 7. The second kappa shape index (κ2) is 11.5. The lowest BCUT2D eigenvalue weighted by atomic mass is 10.2. The number of anilines is 1. The highest BCUT2D eigenvalue weighted by atomic mass is 127. The van der Waals surface area contributed by atoms with E-state index in [1.807, 2.05) is 13.1 Å². The van der Waals surface area contributed by atoms with E-state index >= 15 is 0 Å². The smallest absolute Gasteiger partial charge is 0.191 e. The van der Waals surface area contributed by atoms with Crippen LogP contribution in [0.1, 0.15) is 19.8 Å². The number of nitrogens with zero attached hydrogens (tertiary/aromatic N) is 3. The molecule has 1 aliphatic rings. The van der Waals surface area contributed by atoms with Crippen molar-refractivity contribution in [1.82, 2.24) is 15.5 Å². The first-order valence-electron chi connectivity index (χ1n) is 8.69. The summed E-state index contributed by atoms with van der Waals surface area (Å²) in [6, 6.07) is 11.1. The third-order valence-corrected chi connectivity index (χ3v) is 4.57. The average Bonchev–Trinajstić information content (AvgIpc) is 3.06. The molecule has 1 aromatic carbocycles. The highest BCUT2D eigenvalue weighted by Crippen LogP contribution is 2.15. The Morgan fingerprint density at radius 1 is 1.29 bits per heavy atom.